The van der Waals surface area contributed by atoms with Crippen molar-refractivity contribution in [3.63, 3.8) is 0 Å². The molecule has 2 aliphatic rings. The Balaban J connectivity index is 1.98. The van der Waals surface area contributed by atoms with Crippen molar-refractivity contribution in [3.05, 3.63) is 15.6 Å². The summed E-state index contributed by atoms with van der Waals surface area (Å²) >= 11 is 1.84. The molecule has 0 saturated heterocycles. The Hall–Kier alpha value is -0.450. The van der Waals surface area contributed by atoms with Crippen LogP contribution in [0.3, 0.4) is 0 Å². The lowest BCUT2D eigenvalue weighted by atomic mass is 9.98. The van der Waals surface area contributed by atoms with Gasteiger partial charge >= 0.3 is 0 Å². The Morgan fingerprint density at radius 3 is 2.76 bits per heavy atom. The van der Waals surface area contributed by atoms with Gasteiger partial charge < -0.3 is 10.5 Å². The quantitative estimate of drug-likeness (QED) is 0.880. The predicted molar refractivity (Wildman–Crippen MR) is 69.1 cm³/mol. The molecule has 1 heterocycles. The van der Waals surface area contributed by atoms with Gasteiger partial charge in [0.05, 0.1) is 5.69 Å². The molecule has 0 aromatic carbocycles. The zero-order valence-corrected chi connectivity index (χ0v) is 11.2. The third kappa shape index (κ3) is 1.83. The highest BCUT2D eigenvalue weighted by Crippen LogP contribution is 2.45. The summed E-state index contributed by atoms with van der Waals surface area (Å²) in [5.74, 6) is 0. The van der Waals surface area contributed by atoms with Crippen LogP contribution >= 0.6 is 11.3 Å². The molecule has 4 heteroatoms. The molecule has 1 saturated carbocycles. The molecule has 1 aromatic heterocycles. The molecule has 0 radical (unpaired) electrons. The summed E-state index contributed by atoms with van der Waals surface area (Å²) in [6, 6.07) is 0.152. The zero-order valence-electron chi connectivity index (χ0n) is 10.4. The molecular formula is C13H20N2OS. The molecular weight excluding hydrogens is 232 g/mol. The molecule has 1 aromatic rings. The number of fused-ring (bicyclic) bond motifs is 1. The second kappa shape index (κ2) is 4.34. The SMILES string of the molecule is COC1(c2nc3c(s2)CCCC3N)CCCC1. The fourth-order valence-corrected chi connectivity index (χ4v) is 4.50. The summed E-state index contributed by atoms with van der Waals surface area (Å²) in [5, 5.41) is 1.18. The number of nitrogens with zero attached hydrogens (tertiary/aromatic N) is 1. The van der Waals surface area contributed by atoms with Gasteiger partial charge in [-0.15, -0.1) is 11.3 Å². The topological polar surface area (TPSA) is 48.1 Å². The van der Waals surface area contributed by atoms with Gasteiger partial charge in [-0.05, 0) is 32.1 Å². The number of methoxy groups -OCH3 is 1. The second-order valence-electron chi connectivity index (χ2n) is 5.23. The molecule has 2 aliphatic carbocycles. The van der Waals surface area contributed by atoms with Gasteiger partial charge in [0.15, 0.2) is 0 Å². The number of ether oxygens (including phenoxy) is 1. The smallest absolute Gasteiger partial charge is 0.125 e. The Kier molecular flexibility index (Phi) is 2.97. The van der Waals surface area contributed by atoms with Crippen molar-refractivity contribution >= 4 is 11.3 Å². The Bertz CT molecular complexity index is 410. The molecule has 0 aliphatic heterocycles. The van der Waals surface area contributed by atoms with E-state index in [9.17, 15) is 0 Å². The first-order valence-electron chi connectivity index (χ1n) is 6.56. The van der Waals surface area contributed by atoms with E-state index in [4.69, 9.17) is 15.5 Å². The molecule has 94 valence electrons. The molecule has 3 rings (SSSR count). The predicted octanol–water partition coefficient (Wildman–Crippen LogP) is 2.89. The maximum atomic E-state index is 6.15. The minimum atomic E-state index is -0.0955. The monoisotopic (exact) mass is 252 g/mol. The van der Waals surface area contributed by atoms with E-state index < -0.39 is 0 Å². The maximum absolute atomic E-state index is 6.15. The minimum Gasteiger partial charge on any atom is -0.371 e. The van der Waals surface area contributed by atoms with Crippen LogP contribution in [0.2, 0.25) is 0 Å². The lowest BCUT2D eigenvalue weighted by molar-refractivity contribution is -0.00899. The van der Waals surface area contributed by atoms with Crippen LogP contribution in [0.15, 0.2) is 0 Å². The lowest BCUT2D eigenvalue weighted by Crippen LogP contribution is -2.24. The van der Waals surface area contributed by atoms with Crippen molar-refractivity contribution in [2.45, 2.75) is 56.6 Å². The van der Waals surface area contributed by atoms with E-state index in [1.54, 1.807) is 0 Å². The van der Waals surface area contributed by atoms with Crippen molar-refractivity contribution in [1.29, 1.82) is 0 Å². The second-order valence-corrected chi connectivity index (χ2v) is 6.32. The Morgan fingerprint density at radius 1 is 1.35 bits per heavy atom. The van der Waals surface area contributed by atoms with E-state index in [1.807, 2.05) is 18.4 Å². The molecule has 1 fully saturated rings. The number of aromatic nitrogens is 1. The van der Waals surface area contributed by atoms with Gasteiger partial charge in [0, 0.05) is 18.0 Å². The van der Waals surface area contributed by atoms with E-state index in [2.05, 4.69) is 0 Å². The number of aryl methyl sites for hydroxylation is 1. The number of nitrogens with two attached hydrogens (primary N) is 1. The summed E-state index contributed by atoms with van der Waals surface area (Å²) in [5.41, 5.74) is 7.20. The van der Waals surface area contributed by atoms with E-state index >= 15 is 0 Å². The molecule has 2 N–H and O–H groups in total. The van der Waals surface area contributed by atoms with Crippen LogP contribution < -0.4 is 5.73 Å². The Labute approximate surface area is 106 Å². The van der Waals surface area contributed by atoms with E-state index in [-0.39, 0.29) is 11.6 Å². The minimum absolute atomic E-state index is 0.0955. The highest BCUT2D eigenvalue weighted by atomic mass is 32.1. The zero-order chi connectivity index (χ0) is 11.9. The summed E-state index contributed by atoms with van der Waals surface area (Å²) in [6.45, 7) is 0. The fraction of sp³-hybridized carbons (Fsp3) is 0.769. The van der Waals surface area contributed by atoms with Crippen LogP contribution in [-0.4, -0.2) is 12.1 Å². The van der Waals surface area contributed by atoms with Gasteiger partial charge in [0.2, 0.25) is 0 Å². The van der Waals surface area contributed by atoms with Crippen molar-refractivity contribution < 1.29 is 4.74 Å². The van der Waals surface area contributed by atoms with E-state index in [0.29, 0.717) is 0 Å². The first-order chi connectivity index (χ1) is 8.25. The average molecular weight is 252 g/mol. The van der Waals surface area contributed by atoms with Crippen LogP contribution in [-0.2, 0) is 16.8 Å². The average Bonchev–Trinajstić information content (AvgIpc) is 2.96. The van der Waals surface area contributed by atoms with Gasteiger partial charge in [-0.25, -0.2) is 4.98 Å². The van der Waals surface area contributed by atoms with Crippen molar-refractivity contribution in [3.8, 4) is 0 Å². The van der Waals surface area contributed by atoms with Crippen molar-refractivity contribution in [2.24, 2.45) is 5.73 Å². The first-order valence-corrected chi connectivity index (χ1v) is 7.38. The van der Waals surface area contributed by atoms with Gasteiger partial charge in [-0.3, -0.25) is 0 Å². The van der Waals surface area contributed by atoms with Crippen molar-refractivity contribution in [1.82, 2.24) is 4.98 Å². The fourth-order valence-electron chi connectivity index (χ4n) is 3.10. The van der Waals surface area contributed by atoms with E-state index in [0.717, 1.165) is 31.4 Å². The normalized spacial score (nSPS) is 27.1. The summed E-state index contributed by atoms with van der Waals surface area (Å²) < 4.78 is 5.80. The molecule has 17 heavy (non-hydrogen) atoms. The number of hydrogen-bond acceptors (Lipinski definition) is 4. The highest BCUT2D eigenvalue weighted by molar-refractivity contribution is 7.11. The molecule has 0 bridgehead atoms. The third-order valence-corrected chi connectivity index (χ3v) is 5.51. The van der Waals surface area contributed by atoms with Gasteiger partial charge in [-0.2, -0.15) is 0 Å². The molecule has 0 spiro atoms. The summed E-state index contributed by atoms with van der Waals surface area (Å²) in [7, 11) is 1.83. The largest absolute Gasteiger partial charge is 0.371 e. The number of thiazole rings is 1. The molecule has 1 unspecified atom stereocenters. The first kappa shape index (κ1) is 11.6. The number of hydrogen-bond donors (Lipinski definition) is 1. The van der Waals surface area contributed by atoms with Crippen LogP contribution in [0.5, 0.6) is 0 Å². The number of rotatable bonds is 2. The molecule has 0 amide bonds. The standard InChI is InChI=1S/C13H20N2OS/c1-16-13(7-2-3-8-13)12-15-11-9(14)5-4-6-10(11)17-12/h9H,2-8,14H2,1H3. The summed E-state index contributed by atoms with van der Waals surface area (Å²) in [4.78, 5) is 6.23. The summed E-state index contributed by atoms with van der Waals surface area (Å²) in [6.07, 6.45) is 8.18. The lowest BCUT2D eigenvalue weighted by Gasteiger charge is -2.24. The Morgan fingerprint density at radius 2 is 2.12 bits per heavy atom. The third-order valence-electron chi connectivity index (χ3n) is 4.19. The van der Waals surface area contributed by atoms with Crippen molar-refractivity contribution in [2.75, 3.05) is 7.11 Å². The maximum Gasteiger partial charge on any atom is 0.125 e. The molecule has 1 atom stereocenters. The van der Waals surface area contributed by atoms with Crippen LogP contribution in [0.25, 0.3) is 0 Å². The molecule has 3 nitrogen and oxygen atoms in total. The van der Waals surface area contributed by atoms with Crippen LogP contribution in [0, 0.1) is 0 Å². The van der Waals surface area contributed by atoms with Crippen LogP contribution in [0.4, 0.5) is 0 Å². The van der Waals surface area contributed by atoms with Crippen LogP contribution in [0.1, 0.15) is 60.1 Å². The van der Waals surface area contributed by atoms with Gasteiger partial charge in [-0.1, -0.05) is 12.8 Å². The highest BCUT2D eigenvalue weighted by Gasteiger charge is 2.39. The van der Waals surface area contributed by atoms with Gasteiger partial charge in [0.25, 0.3) is 0 Å². The van der Waals surface area contributed by atoms with E-state index in [1.165, 1.54) is 29.1 Å². The van der Waals surface area contributed by atoms with Gasteiger partial charge in [0.1, 0.15) is 10.6 Å².